The van der Waals surface area contributed by atoms with Gasteiger partial charge < -0.3 is 5.21 Å². The third-order valence-corrected chi connectivity index (χ3v) is 4.50. The Morgan fingerprint density at radius 3 is 2.71 bits per heavy atom. The first-order valence-corrected chi connectivity index (χ1v) is 8.69. The van der Waals surface area contributed by atoms with Crippen molar-refractivity contribution in [2.75, 3.05) is 0 Å². The second kappa shape index (κ2) is 6.97. The molecule has 0 saturated heterocycles. The fourth-order valence-electron chi connectivity index (χ4n) is 3.07. The van der Waals surface area contributed by atoms with E-state index < -0.39 is 0 Å². The van der Waals surface area contributed by atoms with Crippen LogP contribution in [0.4, 0.5) is 0 Å². The Kier molecular flexibility index (Phi) is 4.34. The molecule has 0 atom stereocenters. The molecule has 0 aliphatic rings. The molecule has 0 saturated carbocycles. The predicted molar refractivity (Wildman–Crippen MR) is 109 cm³/mol. The lowest BCUT2D eigenvalue weighted by atomic mass is 10.0. The maximum atomic E-state index is 9.03. The highest BCUT2D eigenvalue weighted by molar-refractivity contribution is 5.97. The highest BCUT2D eigenvalue weighted by Crippen LogP contribution is 2.28. The molecule has 0 bridgehead atoms. The van der Waals surface area contributed by atoms with Crippen LogP contribution in [0.3, 0.4) is 0 Å². The molecule has 0 unspecified atom stereocenters. The lowest BCUT2D eigenvalue weighted by Gasteiger charge is -2.08. The van der Waals surface area contributed by atoms with E-state index in [4.69, 9.17) is 11.6 Å². The molecule has 136 valence electrons. The fraction of sp³-hybridized carbons (Fsp3) is 0.0909. The summed E-state index contributed by atoms with van der Waals surface area (Å²) in [4.78, 5) is 9.15. The molecule has 3 heterocycles. The van der Waals surface area contributed by atoms with Crippen LogP contribution in [0.5, 0.6) is 0 Å². The Morgan fingerprint density at radius 1 is 1.14 bits per heavy atom. The van der Waals surface area contributed by atoms with Crippen molar-refractivity contribution in [1.82, 2.24) is 19.7 Å². The molecule has 6 nitrogen and oxygen atoms in total. The van der Waals surface area contributed by atoms with Crippen molar-refractivity contribution in [2.45, 2.75) is 13.8 Å². The van der Waals surface area contributed by atoms with Crippen LogP contribution in [-0.4, -0.2) is 30.7 Å². The van der Waals surface area contributed by atoms with Gasteiger partial charge in [0.1, 0.15) is 5.71 Å². The van der Waals surface area contributed by atoms with Gasteiger partial charge in [0, 0.05) is 22.2 Å². The number of aryl methyl sites for hydroxylation is 1. The second-order valence-electron chi connectivity index (χ2n) is 6.39. The average Bonchev–Trinajstić information content (AvgIpc) is 3.16. The van der Waals surface area contributed by atoms with Crippen LogP contribution < -0.4 is 0 Å². The molecule has 1 N–H and O–H groups in total. The minimum atomic E-state index is 0.439. The molecule has 28 heavy (non-hydrogen) atoms. The van der Waals surface area contributed by atoms with E-state index in [1.54, 1.807) is 23.9 Å². The van der Waals surface area contributed by atoms with Crippen LogP contribution in [0.15, 0.2) is 59.9 Å². The van der Waals surface area contributed by atoms with E-state index in [1.807, 2.05) is 49.4 Å². The van der Waals surface area contributed by atoms with Gasteiger partial charge in [0.25, 0.3) is 0 Å². The number of hydrogen-bond acceptors (Lipinski definition) is 5. The van der Waals surface area contributed by atoms with E-state index >= 15 is 0 Å². The van der Waals surface area contributed by atoms with Crippen LogP contribution in [0.25, 0.3) is 28.0 Å². The van der Waals surface area contributed by atoms with E-state index in [0.717, 1.165) is 39.2 Å². The average molecular weight is 367 g/mol. The summed E-state index contributed by atoms with van der Waals surface area (Å²) < 4.78 is 1.77. The van der Waals surface area contributed by atoms with Crippen LogP contribution in [0.2, 0.25) is 0 Å². The topological polar surface area (TPSA) is 76.2 Å². The van der Waals surface area contributed by atoms with Crippen LogP contribution in [-0.2, 0) is 0 Å². The summed E-state index contributed by atoms with van der Waals surface area (Å²) >= 11 is 0. The molecule has 0 aliphatic heterocycles. The molecule has 0 aliphatic carbocycles. The Bertz CT molecular complexity index is 1260. The number of aromatic nitrogens is 4. The molecular weight excluding hydrogens is 350 g/mol. The number of fused-ring (bicyclic) bond motifs is 1. The van der Waals surface area contributed by atoms with Gasteiger partial charge in [0.05, 0.1) is 23.1 Å². The lowest BCUT2D eigenvalue weighted by Crippen LogP contribution is -2.01. The summed E-state index contributed by atoms with van der Waals surface area (Å²) in [6.45, 7) is 3.63. The zero-order valence-electron chi connectivity index (χ0n) is 15.5. The summed E-state index contributed by atoms with van der Waals surface area (Å²) in [7, 11) is 0. The van der Waals surface area contributed by atoms with Gasteiger partial charge in [-0.05, 0) is 50.2 Å². The zero-order chi connectivity index (χ0) is 19.7. The number of oxime groups is 1. The smallest absolute Gasteiger partial charge is 0.154 e. The minimum Gasteiger partial charge on any atom is -0.411 e. The Morgan fingerprint density at radius 2 is 1.96 bits per heavy atom. The first-order chi connectivity index (χ1) is 13.6. The third kappa shape index (κ3) is 2.99. The Balaban J connectivity index is 1.94. The van der Waals surface area contributed by atoms with Crippen molar-refractivity contribution in [3.05, 3.63) is 71.7 Å². The van der Waals surface area contributed by atoms with Gasteiger partial charge in [-0.25, -0.2) is 14.6 Å². The number of nitrogens with zero attached hydrogens (tertiary/aromatic N) is 5. The van der Waals surface area contributed by atoms with Crippen molar-refractivity contribution in [3.8, 4) is 29.4 Å². The highest BCUT2D eigenvalue weighted by Gasteiger charge is 2.13. The Hall–Kier alpha value is -3.98. The quantitative estimate of drug-likeness (QED) is 0.257. The third-order valence-electron chi connectivity index (χ3n) is 4.50. The maximum absolute atomic E-state index is 9.03. The second-order valence-corrected chi connectivity index (χ2v) is 6.39. The summed E-state index contributed by atoms with van der Waals surface area (Å²) in [5.74, 6) is 3.46. The van der Waals surface area contributed by atoms with Crippen molar-refractivity contribution in [3.63, 3.8) is 0 Å². The molecule has 3 aromatic heterocycles. The van der Waals surface area contributed by atoms with Crippen LogP contribution in [0.1, 0.15) is 23.9 Å². The Labute approximate surface area is 162 Å². The molecule has 6 heteroatoms. The van der Waals surface area contributed by atoms with Crippen molar-refractivity contribution >= 4 is 16.6 Å². The number of pyridine rings is 2. The van der Waals surface area contributed by atoms with Gasteiger partial charge in [-0.2, -0.15) is 5.10 Å². The van der Waals surface area contributed by atoms with Gasteiger partial charge in [-0.1, -0.05) is 23.2 Å². The van der Waals surface area contributed by atoms with E-state index in [-0.39, 0.29) is 0 Å². The number of terminal acetylenes is 1. The molecule has 0 amide bonds. The standard InChI is InChI=1S/C22H17N5O/c1-4-16-11-17(20-9-6-8-19(25-20)15(3)26-28)12-21-18(16)13-23-27(21)22-10-5-7-14(2)24-22/h1,5-13,28H,2-3H3/b26-15-. The first kappa shape index (κ1) is 17.4. The van der Waals surface area contributed by atoms with Gasteiger partial charge in [0.15, 0.2) is 5.82 Å². The van der Waals surface area contributed by atoms with Gasteiger partial charge in [-0.3, -0.25) is 0 Å². The highest BCUT2D eigenvalue weighted by atomic mass is 16.4. The lowest BCUT2D eigenvalue weighted by molar-refractivity contribution is 0.319. The van der Waals surface area contributed by atoms with E-state index in [1.165, 1.54) is 0 Å². The molecule has 1 aromatic carbocycles. The maximum Gasteiger partial charge on any atom is 0.154 e. The van der Waals surface area contributed by atoms with Gasteiger partial charge in [-0.15, -0.1) is 6.42 Å². The summed E-state index contributed by atoms with van der Waals surface area (Å²) in [6, 6.07) is 15.2. The number of hydrogen-bond donors (Lipinski definition) is 1. The number of benzene rings is 1. The van der Waals surface area contributed by atoms with Gasteiger partial charge in [0.2, 0.25) is 0 Å². The first-order valence-electron chi connectivity index (χ1n) is 8.69. The monoisotopic (exact) mass is 367 g/mol. The predicted octanol–water partition coefficient (Wildman–Crippen LogP) is 3.97. The summed E-state index contributed by atoms with van der Waals surface area (Å²) in [5.41, 5.74) is 5.09. The van der Waals surface area contributed by atoms with Crippen molar-refractivity contribution in [1.29, 1.82) is 0 Å². The molecule has 0 radical (unpaired) electrons. The van der Waals surface area contributed by atoms with Crippen LogP contribution >= 0.6 is 0 Å². The molecule has 0 spiro atoms. The molecule has 4 rings (SSSR count). The molecule has 0 fully saturated rings. The van der Waals surface area contributed by atoms with Crippen molar-refractivity contribution < 1.29 is 5.21 Å². The normalized spacial score (nSPS) is 11.5. The van der Waals surface area contributed by atoms with E-state index in [9.17, 15) is 0 Å². The van der Waals surface area contributed by atoms with Gasteiger partial charge >= 0.3 is 0 Å². The fourth-order valence-corrected chi connectivity index (χ4v) is 3.07. The molecule has 4 aromatic rings. The minimum absolute atomic E-state index is 0.439. The number of rotatable bonds is 3. The summed E-state index contributed by atoms with van der Waals surface area (Å²) in [6.07, 6.45) is 7.51. The summed E-state index contributed by atoms with van der Waals surface area (Å²) in [5, 5.41) is 17.6. The van der Waals surface area contributed by atoms with Crippen LogP contribution in [0, 0.1) is 19.3 Å². The zero-order valence-corrected chi connectivity index (χ0v) is 15.5. The SMILES string of the molecule is C#Cc1cc(-c2cccc(/C(C)=N\O)n2)cc2c1cnn2-c1cccc(C)n1. The van der Waals surface area contributed by atoms with Crippen molar-refractivity contribution in [2.24, 2.45) is 5.16 Å². The molecular formula is C22H17N5O. The van der Waals surface area contributed by atoms with E-state index in [0.29, 0.717) is 11.4 Å². The largest absolute Gasteiger partial charge is 0.411 e. The van der Waals surface area contributed by atoms with E-state index in [2.05, 4.69) is 26.1 Å².